The second-order valence-corrected chi connectivity index (χ2v) is 8.04. The molecule has 1 aliphatic heterocycles. The van der Waals surface area contributed by atoms with E-state index >= 15 is 0 Å². The molecule has 0 aromatic heterocycles. The first-order chi connectivity index (χ1) is 9.73. The minimum atomic E-state index is -3.75. The topological polar surface area (TPSA) is 66.6 Å². The lowest BCUT2D eigenvalue weighted by atomic mass is 10.3. The van der Waals surface area contributed by atoms with Gasteiger partial charge >= 0.3 is 0 Å². The molecule has 1 aliphatic rings. The van der Waals surface area contributed by atoms with Crippen LogP contribution in [0.2, 0.25) is 10.0 Å². The third-order valence-electron chi connectivity index (χ3n) is 3.57. The number of sulfonamides is 1. The van der Waals surface area contributed by atoms with E-state index in [0.717, 1.165) is 13.0 Å². The molecule has 0 spiro atoms. The number of nitrogens with two attached hydrogens (primary N) is 1. The van der Waals surface area contributed by atoms with Crippen molar-refractivity contribution in [3.63, 3.8) is 0 Å². The van der Waals surface area contributed by atoms with Gasteiger partial charge in [0.15, 0.2) is 0 Å². The highest BCUT2D eigenvalue weighted by Crippen LogP contribution is 2.35. The monoisotopic (exact) mass is 351 g/mol. The van der Waals surface area contributed by atoms with Crippen molar-refractivity contribution >= 4 is 38.9 Å². The van der Waals surface area contributed by atoms with Crippen LogP contribution < -0.4 is 5.73 Å². The molecule has 1 aromatic rings. The van der Waals surface area contributed by atoms with Gasteiger partial charge in [0.05, 0.1) is 10.0 Å². The zero-order valence-corrected chi connectivity index (χ0v) is 14.3. The fourth-order valence-electron chi connectivity index (χ4n) is 2.65. The van der Waals surface area contributed by atoms with E-state index < -0.39 is 10.0 Å². The third-order valence-corrected chi connectivity index (χ3v) is 6.51. The van der Waals surface area contributed by atoms with Gasteiger partial charge in [-0.2, -0.15) is 4.31 Å². The van der Waals surface area contributed by atoms with Crippen LogP contribution in [0.3, 0.4) is 0 Å². The fraction of sp³-hybridized carbons (Fsp3) is 0.538. The molecule has 1 heterocycles. The highest BCUT2D eigenvalue weighted by molar-refractivity contribution is 7.89. The molecule has 5 nitrogen and oxygen atoms in total. The van der Waals surface area contributed by atoms with E-state index in [4.69, 9.17) is 28.9 Å². The van der Waals surface area contributed by atoms with Gasteiger partial charge in [-0.15, -0.1) is 0 Å². The van der Waals surface area contributed by atoms with Gasteiger partial charge in [0.1, 0.15) is 4.90 Å². The Bertz CT molecular complexity index is 613. The van der Waals surface area contributed by atoms with Gasteiger partial charge in [0.25, 0.3) is 0 Å². The summed E-state index contributed by atoms with van der Waals surface area (Å²) in [4.78, 5) is 2.06. The van der Waals surface area contributed by atoms with E-state index in [1.165, 1.54) is 16.4 Å². The first-order valence-electron chi connectivity index (χ1n) is 6.68. The molecular weight excluding hydrogens is 333 g/mol. The zero-order valence-electron chi connectivity index (χ0n) is 12.0. The van der Waals surface area contributed by atoms with E-state index in [1.807, 2.05) is 14.0 Å². The molecule has 2 N–H and O–H groups in total. The maximum Gasteiger partial charge on any atom is 0.246 e. The summed E-state index contributed by atoms with van der Waals surface area (Å²) in [5.74, 6) is 0. The van der Waals surface area contributed by atoms with Gasteiger partial charge in [0, 0.05) is 24.8 Å². The van der Waals surface area contributed by atoms with Gasteiger partial charge in [-0.05, 0) is 39.1 Å². The van der Waals surface area contributed by atoms with Crippen molar-refractivity contribution in [2.45, 2.75) is 24.3 Å². The van der Waals surface area contributed by atoms with Crippen LogP contribution in [0.15, 0.2) is 17.0 Å². The number of halogens is 2. The van der Waals surface area contributed by atoms with Crippen LogP contribution in [0.5, 0.6) is 0 Å². The highest BCUT2D eigenvalue weighted by Gasteiger charge is 2.34. The molecule has 0 radical (unpaired) electrons. The predicted octanol–water partition coefficient (Wildman–Crippen LogP) is 2.29. The Labute approximate surface area is 135 Å². The molecule has 1 fully saturated rings. The van der Waals surface area contributed by atoms with Crippen molar-refractivity contribution in [3.05, 3.63) is 22.2 Å². The van der Waals surface area contributed by atoms with Crippen molar-refractivity contribution in [3.8, 4) is 0 Å². The second-order valence-electron chi connectivity index (χ2n) is 5.39. The van der Waals surface area contributed by atoms with Crippen molar-refractivity contribution in [1.82, 2.24) is 9.21 Å². The van der Waals surface area contributed by atoms with Crippen molar-refractivity contribution in [2.24, 2.45) is 0 Å². The summed E-state index contributed by atoms with van der Waals surface area (Å²) < 4.78 is 27.3. The minimum Gasteiger partial charge on any atom is -0.399 e. The van der Waals surface area contributed by atoms with Crippen molar-refractivity contribution in [1.29, 1.82) is 0 Å². The molecule has 1 unspecified atom stereocenters. The molecule has 0 bridgehead atoms. The maximum atomic E-state index is 12.9. The van der Waals surface area contributed by atoms with E-state index in [1.54, 1.807) is 0 Å². The molecule has 1 aromatic carbocycles. The lowest BCUT2D eigenvalue weighted by Gasteiger charge is -2.28. The minimum absolute atomic E-state index is 0.0589. The summed E-state index contributed by atoms with van der Waals surface area (Å²) >= 11 is 12.2. The normalized spacial score (nSPS) is 22.2. The molecule has 0 saturated carbocycles. The smallest absolute Gasteiger partial charge is 0.246 e. The molecule has 0 amide bonds. The summed E-state index contributed by atoms with van der Waals surface area (Å²) in [5, 5.41) is 0.120. The number of rotatable bonds is 2. The van der Waals surface area contributed by atoms with Crippen molar-refractivity contribution in [2.75, 3.05) is 32.4 Å². The Hall–Kier alpha value is -0.530. The highest BCUT2D eigenvalue weighted by atomic mass is 35.5. The Morgan fingerprint density at radius 3 is 2.38 bits per heavy atom. The van der Waals surface area contributed by atoms with E-state index in [-0.39, 0.29) is 21.0 Å². The largest absolute Gasteiger partial charge is 0.399 e. The zero-order chi connectivity index (χ0) is 15.8. The molecular formula is C13H19Cl2N3O2S. The number of anilines is 1. The van der Waals surface area contributed by atoms with Crippen LogP contribution in [-0.2, 0) is 10.0 Å². The molecule has 21 heavy (non-hydrogen) atoms. The summed E-state index contributed by atoms with van der Waals surface area (Å²) in [6.07, 6.45) is 0.768. The molecule has 2 rings (SSSR count). The van der Waals surface area contributed by atoms with Gasteiger partial charge in [-0.3, -0.25) is 0 Å². The Kier molecular flexibility index (Phi) is 5.05. The standard InChI is InChI=1S/C13H19Cl2N3O2S/c1-9-8-17(2)4-3-5-18(9)21(19,20)13-11(14)6-10(16)7-12(13)15/h6-7,9H,3-5,8,16H2,1-2H3. The van der Waals surface area contributed by atoms with Crippen LogP contribution in [0, 0.1) is 0 Å². The maximum absolute atomic E-state index is 12.9. The van der Waals surface area contributed by atoms with Crippen LogP contribution in [0.1, 0.15) is 13.3 Å². The number of hydrogen-bond acceptors (Lipinski definition) is 4. The lowest BCUT2D eigenvalue weighted by molar-refractivity contribution is 0.290. The Morgan fingerprint density at radius 1 is 1.24 bits per heavy atom. The third kappa shape index (κ3) is 3.46. The number of likely N-dealkylation sites (N-methyl/N-ethyl adjacent to an activating group) is 1. The predicted molar refractivity (Wildman–Crippen MR) is 86.3 cm³/mol. The molecule has 1 atom stereocenters. The van der Waals surface area contributed by atoms with Crippen molar-refractivity contribution < 1.29 is 8.42 Å². The van der Waals surface area contributed by atoms with Crippen LogP contribution in [-0.4, -0.2) is 50.3 Å². The number of nitrogen functional groups attached to an aromatic ring is 1. The first-order valence-corrected chi connectivity index (χ1v) is 8.88. The molecule has 8 heteroatoms. The number of benzene rings is 1. The SMILES string of the molecule is CC1CN(C)CCCN1S(=O)(=O)c1c(Cl)cc(N)cc1Cl. The van der Waals surface area contributed by atoms with E-state index in [9.17, 15) is 8.42 Å². The number of hydrogen-bond donors (Lipinski definition) is 1. The summed E-state index contributed by atoms with van der Waals surface area (Å²) in [7, 11) is -1.77. The quantitative estimate of drug-likeness (QED) is 0.830. The van der Waals surface area contributed by atoms with Crippen LogP contribution in [0.25, 0.3) is 0 Å². The lowest BCUT2D eigenvalue weighted by Crippen LogP contribution is -2.42. The first kappa shape index (κ1) is 16.8. The van der Waals surface area contributed by atoms with Gasteiger partial charge in [0.2, 0.25) is 10.0 Å². The van der Waals surface area contributed by atoms with Crippen LogP contribution >= 0.6 is 23.2 Å². The van der Waals surface area contributed by atoms with Gasteiger partial charge < -0.3 is 10.6 Å². The summed E-state index contributed by atoms with van der Waals surface area (Å²) in [6, 6.07) is 2.68. The van der Waals surface area contributed by atoms with E-state index in [2.05, 4.69) is 4.90 Å². The molecule has 1 saturated heterocycles. The average Bonchev–Trinajstić information content (AvgIpc) is 2.48. The average molecular weight is 352 g/mol. The molecule has 118 valence electrons. The van der Waals surface area contributed by atoms with Gasteiger partial charge in [-0.1, -0.05) is 23.2 Å². The van der Waals surface area contributed by atoms with Crippen LogP contribution in [0.4, 0.5) is 5.69 Å². The Morgan fingerprint density at radius 2 is 1.81 bits per heavy atom. The van der Waals surface area contributed by atoms with E-state index in [0.29, 0.717) is 18.8 Å². The summed E-state index contributed by atoms with van der Waals surface area (Å²) in [5.41, 5.74) is 5.98. The fourth-order valence-corrected chi connectivity index (χ4v) is 5.49. The second kappa shape index (κ2) is 6.30. The molecule has 0 aliphatic carbocycles. The summed E-state index contributed by atoms with van der Waals surface area (Å²) in [6.45, 7) is 3.87. The Balaban J connectivity index is 2.47. The van der Waals surface area contributed by atoms with Gasteiger partial charge in [-0.25, -0.2) is 8.42 Å². The number of nitrogens with zero attached hydrogens (tertiary/aromatic N) is 2.